The first-order valence-corrected chi connectivity index (χ1v) is 8.26. The quantitative estimate of drug-likeness (QED) is 0.845. The molecule has 2 saturated carbocycles. The van der Waals surface area contributed by atoms with Crippen LogP contribution in [0.2, 0.25) is 5.02 Å². The van der Waals surface area contributed by atoms with Gasteiger partial charge in [-0.05, 0) is 37.3 Å². The van der Waals surface area contributed by atoms with Gasteiger partial charge in [0.05, 0.1) is 5.02 Å². The Morgan fingerprint density at radius 1 is 1.17 bits per heavy atom. The molecular weight excluding hydrogens is 262 g/mol. The van der Waals surface area contributed by atoms with Gasteiger partial charge in [0.2, 0.25) is 0 Å². The number of halogens is 1. The van der Waals surface area contributed by atoms with Crippen molar-refractivity contribution in [3.63, 3.8) is 0 Å². The van der Waals surface area contributed by atoms with Crippen LogP contribution in [0.5, 0.6) is 0 Å². The summed E-state index contributed by atoms with van der Waals surface area (Å²) in [5, 5.41) is 5.31. The highest BCUT2D eigenvalue weighted by molar-refractivity contribution is 8.00. The molecule has 0 bridgehead atoms. The maximum absolute atomic E-state index is 6.39. The molecule has 0 unspecified atom stereocenters. The Balaban J connectivity index is 1.71. The van der Waals surface area contributed by atoms with E-state index in [1.807, 2.05) is 17.8 Å². The summed E-state index contributed by atoms with van der Waals surface area (Å²) in [5.74, 6) is 0. The topological polar surface area (TPSA) is 12.0 Å². The van der Waals surface area contributed by atoms with E-state index < -0.39 is 0 Å². The zero-order valence-electron chi connectivity index (χ0n) is 10.6. The van der Waals surface area contributed by atoms with Gasteiger partial charge in [-0.1, -0.05) is 36.6 Å². The fourth-order valence-electron chi connectivity index (χ4n) is 2.54. The molecule has 3 rings (SSSR count). The molecular formula is C15H20ClNS. The molecule has 1 aromatic carbocycles. The van der Waals surface area contributed by atoms with Crippen LogP contribution in [-0.4, -0.2) is 11.3 Å². The summed E-state index contributed by atoms with van der Waals surface area (Å²) in [6.45, 7) is 0.972. The van der Waals surface area contributed by atoms with Crippen molar-refractivity contribution in [3.8, 4) is 0 Å². The van der Waals surface area contributed by atoms with Crippen molar-refractivity contribution in [1.82, 2.24) is 5.32 Å². The predicted molar refractivity (Wildman–Crippen MR) is 79.4 cm³/mol. The molecule has 1 aromatic rings. The summed E-state index contributed by atoms with van der Waals surface area (Å²) in [6, 6.07) is 7.08. The zero-order chi connectivity index (χ0) is 12.4. The van der Waals surface area contributed by atoms with Crippen molar-refractivity contribution in [1.29, 1.82) is 0 Å². The molecule has 0 heterocycles. The van der Waals surface area contributed by atoms with E-state index in [0.717, 1.165) is 22.9 Å². The van der Waals surface area contributed by atoms with Crippen LogP contribution in [0.15, 0.2) is 23.1 Å². The lowest BCUT2D eigenvalue weighted by atomic mass is 10.2. The maximum atomic E-state index is 6.39. The number of hydrogen-bond acceptors (Lipinski definition) is 2. The lowest BCUT2D eigenvalue weighted by Gasteiger charge is -2.15. The monoisotopic (exact) mass is 281 g/mol. The van der Waals surface area contributed by atoms with E-state index >= 15 is 0 Å². The minimum Gasteiger partial charge on any atom is -0.310 e. The van der Waals surface area contributed by atoms with Crippen LogP contribution in [0.25, 0.3) is 0 Å². The summed E-state index contributed by atoms with van der Waals surface area (Å²) in [4.78, 5) is 1.32. The van der Waals surface area contributed by atoms with Crippen molar-refractivity contribution in [2.45, 2.75) is 61.3 Å². The fourth-order valence-corrected chi connectivity index (χ4v) is 4.24. The Morgan fingerprint density at radius 2 is 1.94 bits per heavy atom. The highest BCUT2D eigenvalue weighted by Gasteiger charge is 2.22. The lowest BCUT2D eigenvalue weighted by molar-refractivity contribution is 0.680. The van der Waals surface area contributed by atoms with Gasteiger partial charge < -0.3 is 5.32 Å². The van der Waals surface area contributed by atoms with Crippen molar-refractivity contribution < 1.29 is 0 Å². The van der Waals surface area contributed by atoms with E-state index in [9.17, 15) is 0 Å². The third-order valence-electron chi connectivity index (χ3n) is 3.79. The van der Waals surface area contributed by atoms with E-state index in [1.54, 1.807) is 0 Å². The average Bonchev–Trinajstić information content (AvgIpc) is 3.06. The molecule has 3 heteroatoms. The van der Waals surface area contributed by atoms with Gasteiger partial charge in [0.25, 0.3) is 0 Å². The molecule has 0 atom stereocenters. The number of rotatable bonds is 5. The first-order valence-electron chi connectivity index (χ1n) is 7.00. The van der Waals surface area contributed by atoms with Gasteiger partial charge in [0.15, 0.2) is 0 Å². The largest absolute Gasteiger partial charge is 0.310 e. The van der Waals surface area contributed by atoms with Crippen molar-refractivity contribution in [2.75, 3.05) is 0 Å². The molecule has 2 aliphatic carbocycles. The predicted octanol–water partition coefficient (Wildman–Crippen LogP) is 4.63. The Morgan fingerprint density at radius 3 is 2.67 bits per heavy atom. The van der Waals surface area contributed by atoms with E-state index in [-0.39, 0.29) is 0 Å². The van der Waals surface area contributed by atoms with Crippen molar-refractivity contribution in [3.05, 3.63) is 28.8 Å². The third kappa shape index (κ3) is 3.23. The molecule has 1 nitrogen and oxygen atoms in total. The minimum absolute atomic E-state index is 0.758. The van der Waals surface area contributed by atoms with Gasteiger partial charge in [-0.15, -0.1) is 11.8 Å². The van der Waals surface area contributed by atoms with Gasteiger partial charge >= 0.3 is 0 Å². The molecule has 0 amide bonds. The Labute approximate surface area is 119 Å². The van der Waals surface area contributed by atoms with Gasteiger partial charge in [0, 0.05) is 22.7 Å². The fraction of sp³-hybridized carbons (Fsp3) is 0.600. The molecule has 98 valence electrons. The van der Waals surface area contributed by atoms with Gasteiger partial charge in [0.1, 0.15) is 0 Å². The second kappa shape index (κ2) is 5.85. The Bertz CT molecular complexity index is 411. The van der Waals surface area contributed by atoms with Crippen LogP contribution in [0.3, 0.4) is 0 Å². The van der Waals surface area contributed by atoms with Crippen molar-refractivity contribution >= 4 is 23.4 Å². The Kier molecular flexibility index (Phi) is 4.17. The zero-order valence-corrected chi connectivity index (χ0v) is 12.2. The summed E-state index contributed by atoms with van der Waals surface area (Å²) in [7, 11) is 0. The molecule has 0 aromatic heterocycles. The molecule has 0 aliphatic heterocycles. The molecule has 0 saturated heterocycles. The highest BCUT2D eigenvalue weighted by Crippen LogP contribution is 2.40. The van der Waals surface area contributed by atoms with E-state index in [1.165, 1.54) is 49.0 Å². The first-order chi connectivity index (χ1) is 8.83. The Hall–Kier alpha value is -0.180. The smallest absolute Gasteiger partial charge is 0.0545 e. The molecule has 2 fully saturated rings. The minimum atomic E-state index is 0.758. The second-order valence-corrected chi connectivity index (χ2v) is 7.13. The van der Waals surface area contributed by atoms with Crippen LogP contribution in [0.4, 0.5) is 0 Å². The van der Waals surface area contributed by atoms with Gasteiger partial charge in [-0.2, -0.15) is 0 Å². The molecule has 18 heavy (non-hydrogen) atoms. The standard InChI is InChI=1S/C15H20ClNS/c16-14-7-3-4-11(10-17-12-8-9-12)15(14)18-13-5-1-2-6-13/h3-4,7,12-13,17H,1-2,5-6,8-10H2. The summed E-state index contributed by atoms with van der Waals surface area (Å²) in [6.07, 6.45) is 8.16. The van der Waals surface area contributed by atoms with Gasteiger partial charge in [-0.25, -0.2) is 0 Å². The number of hydrogen-bond donors (Lipinski definition) is 1. The summed E-state index contributed by atoms with van der Waals surface area (Å²) < 4.78 is 0. The third-order valence-corrected chi connectivity index (χ3v) is 5.74. The maximum Gasteiger partial charge on any atom is 0.0545 e. The van der Waals surface area contributed by atoms with Crippen LogP contribution < -0.4 is 5.32 Å². The summed E-state index contributed by atoms with van der Waals surface area (Å²) in [5.41, 5.74) is 1.38. The van der Waals surface area contributed by atoms with Crippen LogP contribution in [0, 0.1) is 0 Å². The van der Waals surface area contributed by atoms with E-state index in [0.29, 0.717) is 0 Å². The first kappa shape index (κ1) is 12.8. The van der Waals surface area contributed by atoms with Crippen molar-refractivity contribution in [2.24, 2.45) is 0 Å². The van der Waals surface area contributed by atoms with Gasteiger partial charge in [-0.3, -0.25) is 0 Å². The number of benzene rings is 1. The molecule has 2 aliphatic rings. The lowest BCUT2D eigenvalue weighted by Crippen LogP contribution is -2.16. The van der Waals surface area contributed by atoms with E-state index in [2.05, 4.69) is 17.4 Å². The normalized spacial score (nSPS) is 20.5. The van der Waals surface area contributed by atoms with Crippen LogP contribution in [-0.2, 0) is 6.54 Å². The number of nitrogens with one attached hydrogen (secondary N) is 1. The second-order valence-electron chi connectivity index (χ2n) is 5.41. The molecule has 1 N–H and O–H groups in total. The highest BCUT2D eigenvalue weighted by atomic mass is 35.5. The van der Waals surface area contributed by atoms with Crippen LogP contribution in [0.1, 0.15) is 44.1 Å². The van der Waals surface area contributed by atoms with Crippen LogP contribution >= 0.6 is 23.4 Å². The molecule has 0 spiro atoms. The average molecular weight is 282 g/mol. The van der Waals surface area contributed by atoms with E-state index in [4.69, 9.17) is 11.6 Å². The number of thioether (sulfide) groups is 1. The molecule has 0 radical (unpaired) electrons. The SMILES string of the molecule is Clc1cccc(CNC2CC2)c1SC1CCCC1. The summed E-state index contributed by atoms with van der Waals surface area (Å²) >= 11 is 8.39.